The van der Waals surface area contributed by atoms with Crippen LogP contribution in [0.25, 0.3) is 6.08 Å². The third kappa shape index (κ3) is 5.29. The molecule has 0 amide bonds. The first-order valence-corrected chi connectivity index (χ1v) is 10.7. The van der Waals surface area contributed by atoms with Crippen molar-refractivity contribution < 1.29 is 18.1 Å². The summed E-state index contributed by atoms with van der Waals surface area (Å²) in [6.07, 6.45) is 3.45. The van der Waals surface area contributed by atoms with Crippen molar-refractivity contribution in [3.8, 4) is 0 Å². The number of hydrazone groups is 1. The molecule has 9 nitrogen and oxygen atoms in total. The van der Waals surface area contributed by atoms with Gasteiger partial charge in [-0.05, 0) is 30.2 Å². The van der Waals surface area contributed by atoms with Gasteiger partial charge >= 0.3 is 0 Å². The van der Waals surface area contributed by atoms with E-state index in [2.05, 4.69) is 10.5 Å². The van der Waals surface area contributed by atoms with Gasteiger partial charge in [0.05, 0.1) is 29.2 Å². The van der Waals surface area contributed by atoms with Crippen LogP contribution in [0.2, 0.25) is 0 Å². The Balaban J connectivity index is 1.79. The number of hydrogen-bond acceptors (Lipinski definition) is 7. The van der Waals surface area contributed by atoms with Gasteiger partial charge in [-0.1, -0.05) is 36.4 Å². The minimum Gasteiger partial charge on any atom is -0.379 e. The Bertz CT molecular complexity index is 1060. The van der Waals surface area contributed by atoms with Crippen LogP contribution < -0.4 is 5.43 Å². The average Bonchev–Trinajstić information content (AvgIpc) is 2.75. The lowest BCUT2D eigenvalue weighted by atomic mass is 10.1. The maximum Gasteiger partial charge on any atom is 0.295 e. The van der Waals surface area contributed by atoms with Crippen molar-refractivity contribution >= 4 is 33.7 Å². The Morgan fingerprint density at radius 3 is 2.57 bits per heavy atom. The van der Waals surface area contributed by atoms with Crippen LogP contribution in [0.4, 0.5) is 11.4 Å². The van der Waals surface area contributed by atoms with E-state index in [9.17, 15) is 18.5 Å². The molecule has 3 rings (SSSR count). The van der Waals surface area contributed by atoms with E-state index >= 15 is 0 Å². The molecule has 1 fully saturated rings. The fourth-order valence-corrected chi connectivity index (χ4v) is 4.34. The fraction of sp³-hybridized carbons (Fsp3) is 0.250. The lowest BCUT2D eigenvalue weighted by Gasteiger charge is -2.26. The van der Waals surface area contributed by atoms with Crippen LogP contribution in [0.15, 0.2) is 64.1 Å². The third-order valence-electron chi connectivity index (χ3n) is 4.42. The zero-order valence-electron chi connectivity index (χ0n) is 16.4. The highest BCUT2D eigenvalue weighted by atomic mass is 32.2. The Hall–Kier alpha value is -3.08. The molecule has 0 radical (unpaired) electrons. The molecule has 1 aliphatic heterocycles. The van der Waals surface area contributed by atoms with Gasteiger partial charge in [-0.2, -0.15) is 9.41 Å². The molecule has 0 aromatic heterocycles. The van der Waals surface area contributed by atoms with Crippen molar-refractivity contribution in [2.24, 2.45) is 5.10 Å². The molecule has 0 atom stereocenters. The van der Waals surface area contributed by atoms with Gasteiger partial charge in [0.15, 0.2) is 0 Å². The quantitative estimate of drug-likeness (QED) is 0.410. The van der Waals surface area contributed by atoms with Crippen LogP contribution in [0, 0.1) is 10.1 Å². The predicted octanol–water partition coefficient (Wildman–Crippen LogP) is 3.12. The van der Waals surface area contributed by atoms with E-state index in [0.717, 1.165) is 17.2 Å². The molecule has 0 saturated carbocycles. The first-order valence-electron chi connectivity index (χ1n) is 9.27. The van der Waals surface area contributed by atoms with E-state index in [1.54, 1.807) is 0 Å². The van der Waals surface area contributed by atoms with Crippen molar-refractivity contribution in [2.45, 2.75) is 11.8 Å². The van der Waals surface area contributed by atoms with Crippen molar-refractivity contribution in [2.75, 3.05) is 31.7 Å². The van der Waals surface area contributed by atoms with Crippen LogP contribution >= 0.6 is 0 Å². The van der Waals surface area contributed by atoms with Crippen molar-refractivity contribution in [3.05, 3.63) is 69.8 Å². The van der Waals surface area contributed by atoms with Crippen LogP contribution in [-0.4, -0.2) is 50.2 Å². The molecule has 0 aliphatic carbocycles. The number of hydrogen-bond donors (Lipinski definition) is 1. The number of sulfonamides is 1. The summed E-state index contributed by atoms with van der Waals surface area (Å²) in [4.78, 5) is 10.7. The van der Waals surface area contributed by atoms with E-state index in [4.69, 9.17) is 4.74 Å². The second kappa shape index (κ2) is 9.61. The van der Waals surface area contributed by atoms with Crippen molar-refractivity contribution in [1.29, 1.82) is 0 Å². The smallest absolute Gasteiger partial charge is 0.295 e. The molecule has 1 heterocycles. The highest BCUT2D eigenvalue weighted by Crippen LogP contribution is 2.29. The Labute approximate surface area is 174 Å². The summed E-state index contributed by atoms with van der Waals surface area (Å²) in [5.74, 6) is 0. The maximum atomic E-state index is 12.7. The summed E-state index contributed by atoms with van der Waals surface area (Å²) in [7, 11) is -3.83. The van der Waals surface area contributed by atoms with E-state index in [1.807, 2.05) is 43.3 Å². The molecular formula is C20H22N4O5S. The highest BCUT2D eigenvalue weighted by molar-refractivity contribution is 7.89. The highest BCUT2D eigenvalue weighted by Gasteiger charge is 2.28. The van der Waals surface area contributed by atoms with Crippen molar-refractivity contribution in [1.82, 2.24) is 4.31 Å². The first-order chi connectivity index (χ1) is 14.4. The standard InChI is InChI=1S/C20H22N4O5S/c1-16(13-17-5-3-2-4-6-17)15-21-22-19-8-7-18(14-20(19)24(25)26)30(27,28)23-9-11-29-12-10-23/h2-8,13-15,22H,9-12H2,1H3. The van der Waals surface area contributed by atoms with E-state index in [0.29, 0.717) is 13.2 Å². The summed E-state index contributed by atoms with van der Waals surface area (Å²) in [6, 6.07) is 13.4. The second-order valence-electron chi connectivity index (χ2n) is 6.62. The largest absolute Gasteiger partial charge is 0.379 e. The Morgan fingerprint density at radius 1 is 1.20 bits per heavy atom. The number of allylic oxidation sites excluding steroid dienone is 1. The molecule has 2 aromatic rings. The van der Waals surface area contributed by atoms with Gasteiger partial charge in [-0.15, -0.1) is 0 Å². The molecule has 2 aromatic carbocycles. The summed E-state index contributed by atoms with van der Waals surface area (Å²) >= 11 is 0. The molecule has 30 heavy (non-hydrogen) atoms. The lowest BCUT2D eigenvalue weighted by molar-refractivity contribution is -0.384. The molecule has 1 N–H and O–H groups in total. The number of anilines is 1. The van der Waals surface area contributed by atoms with Crippen LogP contribution in [0.1, 0.15) is 12.5 Å². The number of nitrogens with one attached hydrogen (secondary N) is 1. The normalized spacial score (nSPS) is 16.0. The summed E-state index contributed by atoms with van der Waals surface area (Å²) in [5, 5.41) is 15.5. The molecule has 0 bridgehead atoms. The fourth-order valence-electron chi connectivity index (χ4n) is 2.91. The average molecular weight is 430 g/mol. The number of nitrogens with zero attached hydrogens (tertiary/aromatic N) is 3. The van der Waals surface area contributed by atoms with Gasteiger partial charge in [0.1, 0.15) is 5.69 Å². The number of ether oxygens (including phenoxy) is 1. The van der Waals surface area contributed by atoms with Crippen molar-refractivity contribution in [3.63, 3.8) is 0 Å². The number of morpholine rings is 1. The van der Waals surface area contributed by atoms with E-state index < -0.39 is 14.9 Å². The summed E-state index contributed by atoms with van der Waals surface area (Å²) in [6.45, 7) is 2.88. The van der Waals surface area contributed by atoms with Crippen LogP contribution in [0.3, 0.4) is 0 Å². The Morgan fingerprint density at radius 2 is 1.90 bits per heavy atom. The number of nitro groups is 1. The molecule has 0 unspecified atom stereocenters. The van der Waals surface area contributed by atoms with Gasteiger partial charge in [-0.25, -0.2) is 8.42 Å². The van der Waals surface area contributed by atoms with Gasteiger partial charge in [0.25, 0.3) is 5.69 Å². The topological polar surface area (TPSA) is 114 Å². The predicted molar refractivity (Wildman–Crippen MR) is 115 cm³/mol. The van der Waals surface area contributed by atoms with Gasteiger partial charge in [0, 0.05) is 19.2 Å². The third-order valence-corrected chi connectivity index (χ3v) is 6.32. The molecule has 1 aliphatic rings. The van der Waals surface area contributed by atoms with Gasteiger partial charge in [-0.3, -0.25) is 15.5 Å². The molecule has 0 spiro atoms. The lowest BCUT2D eigenvalue weighted by Crippen LogP contribution is -2.40. The maximum absolute atomic E-state index is 12.7. The molecule has 1 saturated heterocycles. The monoisotopic (exact) mass is 430 g/mol. The van der Waals surface area contributed by atoms with Gasteiger partial charge in [0.2, 0.25) is 10.0 Å². The molecular weight excluding hydrogens is 408 g/mol. The first kappa shape index (κ1) is 21.6. The number of nitro benzene ring substituents is 1. The molecule has 10 heteroatoms. The zero-order valence-corrected chi connectivity index (χ0v) is 17.2. The van der Waals surface area contributed by atoms with E-state index in [1.165, 1.54) is 22.7 Å². The summed E-state index contributed by atoms with van der Waals surface area (Å²) < 4.78 is 31.9. The summed E-state index contributed by atoms with van der Waals surface area (Å²) in [5.41, 5.74) is 4.20. The zero-order chi connectivity index (χ0) is 21.6. The Kier molecular flexibility index (Phi) is 6.93. The molecule has 158 valence electrons. The number of benzene rings is 2. The second-order valence-corrected chi connectivity index (χ2v) is 8.56. The van der Waals surface area contributed by atoms with Crippen LogP contribution in [-0.2, 0) is 14.8 Å². The van der Waals surface area contributed by atoms with Crippen LogP contribution in [0.5, 0.6) is 0 Å². The minimum absolute atomic E-state index is 0.102. The minimum atomic E-state index is -3.83. The number of rotatable bonds is 7. The van der Waals surface area contributed by atoms with E-state index in [-0.39, 0.29) is 29.4 Å². The van der Waals surface area contributed by atoms with Gasteiger partial charge < -0.3 is 4.74 Å². The SMILES string of the molecule is CC(C=NNc1ccc(S(=O)(=O)N2CCOCC2)cc1[N+](=O)[O-])=Cc1ccccc1.